The van der Waals surface area contributed by atoms with E-state index < -0.39 is 0 Å². The Bertz CT molecular complexity index is 351. The molecule has 0 atom stereocenters. The van der Waals surface area contributed by atoms with E-state index in [4.69, 9.17) is 0 Å². The number of aryl methyl sites for hydroxylation is 2. The Morgan fingerprint density at radius 1 is 1.29 bits per heavy atom. The Morgan fingerprint density at radius 2 is 2.00 bits per heavy atom. The van der Waals surface area contributed by atoms with E-state index in [-0.39, 0.29) is 0 Å². The highest BCUT2D eigenvalue weighted by atomic mass is 16.1. The zero-order chi connectivity index (χ0) is 10.4. The number of nitrogens with zero attached hydrogens (tertiary/aromatic N) is 1. The van der Waals surface area contributed by atoms with Crippen molar-refractivity contribution >= 4 is 11.8 Å². The fraction of sp³-hybridized carbons (Fsp3) is 0.417. The monoisotopic (exact) mass is 189 g/mol. The number of hydrogen-bond donors (Lipinski definition) is 0. The lowest BCUT2D eigenvalue weighted by Crippen LogP contribution is -1.89. The summed E-state index contributed by atoms with van der Waals surface area (Å²) < 4.78 is 0. The molecule has 0 radical (unpaired) electrons. The molecule has 0 saturated heterocycles. The van der Waals surface area contributed by atoms with Gasteiger partial charge in [-0.3, -0.25) is 0 Å². The Morgan fingerprint density at radius 3 is 2.57 bits per heavy atom. The van der Waals surface area contributed by atoms with Crippen LogP contribution in [-0.4, -0.2) is 6.08 Å². The minimum Gasteiger partial charge on any atom is -0.211 e. The topological polar surface area (TPSA) is 29.4 Å². The molecular formula is C12H15NO. The molecule has 0 aliphatic rings. The van der Waals surface area contributed by atoms with Crippen LogP contribution >= 0.6 is 0 Å². The van der Waals surface area contributed by atoms with Gasteiger partial charge in [0.1, 0.15) is 0 Å². The SMILES string of the molecule is CCCc1cccc(CC)c1N=C=O. The maximum Gasteiger partial charge on any atom is 0.240 e. The average molecular weight is 189 g/mol. The molecule has 0 heterocycles. The molecule has 0 saturated carbocycles. The summed E-state index contributed by atoms with van der Waals surface area (Å²) in [4.78, 5) is 14.1. The van der Waals surface area contributed by atoms with Crippen molar-refractivity contribution in [2.75, 3.05) is 0 Å². The Labute approximate surface area is 84.7 Å². The minimum absolute atomic E-state index is 0.826. The fourth-order valence-electron chi connectivity index (χ4n) is 1.59. The van der Waals surface area contributed by atoms with E-state index in [0.717, 1.165) is 36.1 Å². The molecule has 0 aliphatic carbocycles. The third-order valence-electron chi connectivity index (χ3n) is 2.26. The average Bonchev–Trinajstić information content (AvgIpc) is 2.21. The molecule has 1 aromatic rings. The normalized spacial score (nSPS) is 9.57. The molecule has 0 aromatic heterocycles. The molecule has 0 fully saturated rings. The molecule has 2 heteroatoms. The predicted octanol–water partition coefficient (Wildman–Crippen LogP) is 3.17. The van der Waals surface area contributed by atoms with Gasteiger partial charge in [-0.25, -0.2) is 4.79 Å². The van der Waals surface area contributed by atoms with Gasteiger partial charge in [0.05, 0.1) is 5.69 Å². The van der Waals surface area contributed by atoms with E-state index in [1.165, 1.54) is 0 Å². The zero-order valence-corrected chi connectivity index (χ0v) is 8.71. The molecule has 14 heavy (non-hydrogen) atoms. The van der Waals surface area contributed by atoms with E-state index in [2.05, 4.69) is 18.8 Å². The first kappa shape index (κ1) is 10.7. The van der Waals surface area contributed by atoms with Gasteiger partial charge in [0.2, 0.25) is 6.08 Å². The first-order valence-corrected chi connectivity index (χ1v) is 5.02. The summed E-state index contributed by atoms with van der Waals surface area (Å²) in [6, 6.07) is 6.06. The minimum atomic E-state index is 0.826. The van der Waals surface area contributed by atoms with Crippen LogP contribution in [0.1, 0.15) is 31.4 Å². The van der Waals surface area contributed by atoms with Gasteiger partial charge < -0.3 is 0 Å². The number of carbonyl (C=O) groups excluding carboxylic acids is 1. The van der Waals surface area contributed by atoms with Gasteiger partial charge in [-0.2, -0.15) is 4.99 Å². The maximum atomic E-state index is 10.3. The lowest BCUT2D eigenvalue weighted by atomic mass is 10.0. The maximum absolute atomic E-state index is 10.3. The largest absolute Gasteiger partial charge is 0.240 e. The highest BCUT2D eigenvalue weighted by molar-refractivity contribution is 5.58. The smallest absolute Gasteiger partial charge is 0.211 e. The first-order chi connectivity index (χ1) is 6.83. The number of para-hydroxylation sites is 1. The van der Waals surface area contributed by atoms with Gasteiger partial charge in [0, 0.05) is 0 Å². The molecule has 0 aliphatic heterocycles. The van der Waals surface area contributed by atoms with E-state index in [9.17, 15) is 4.79 Å². The van der Waals surface area contributed by atoms with Crippen LogP contribution in [0.5, 0.6) is 0 Å². The third-order valence-corrected chi connectivity index (χ3v) is 2.26. The molecular weight excluding hydrogens is 174 g/mol. The van der Waals surface area contributed by atoms with Crippen LogP contribution < -0.4 is 0 Å². The van der Waals surface area contributed by atoms with Crippen LogP contribution in [0.2, 0.25) is 0 Å². The van der Waals surface area contributed by atoms with Gasteiger partial charge in [-0.1, -0.05) is 38.5 Å². The fourth-order valence-corrected chi connectivity index (χ4v) is 1.59. The molecule has 1 rings (SSSR count). The van der Waals surface area contributed by atoms with Crippen molar-refractivity contribution in [1.29, 1.82) is 0 Å². The van der Waals surface area contributed by atoms with Gasteiger partial charge in [-0.05, 0) is 24.0 Å². The Balaban J connectivity index is 3.20. The summed E-state index contributed by atoms with van der Waals surface area (Å²) >= 11 is 0. The van der Waals surface area contributed by atoms with E-state index >= 15 is 0 Å². The lowest BCUT2D eigenvalue weighted by molar-refractivity contribution is 0.565. The summed E-state index contributed by atoms with van der Waals surface area (Å²) in [5, 5.41) is 0. The molecule has 0 N–H and O–H groups in total. The third kappa shape index (κ3) is 2.30. The lowest BCUT2D eigenvalue weighted by Gasteiger charge is -2.07. The van der Waals surface area contributed by atoms with Gasteiger partial charge in [-0.15, -0.1) is 0 Å². The number of hydrogen-bond acceptors (Lipinski definition) is 2. The highest BCUT2D eigenvalue weighted by Gasteiger charge is 2.04. The van der Waals surface area contributed by atoms with Crippen molar-refractivity contribution in [3.63, 3.8) is 0 Å². The molecule has 0 unspecified atom stereocenters. The van der Waals surface area contributed by atoms with Crippen LogP contribution in [0.25, 0.3) is 0 Å². The number of aliphatic imine (C=N–C) groups is 1. The van der Waals surface area contributed by atoms with E-state index in [1.54, 1.807) is 6.08 Å². The molecule has 0 bridgehead atoms. The Kier molecular flexibility index (Phi) is 4.09. The highest BCUT2D eigenvalue weighted by Crippen LogP contribution is 2.25. The molecule has 74 valence electrons. The predicted molar refractivity (Wildman–Crippen MR) is 57.6 cm³/mol. The second-order valence-electron chi connectivity index (χ2n) is 3.23. The van der Waals surface area contributed by atoms with Gasteiger partial charge in [0.25, 0.3) is 0 Å². The van der Waals surface area contributed by atoms with Gasteiger partial charge >= 0.3 is 0 Å². The number of benzene rings is 1. The van der Waals surface area contributed by atoms with Gasteiger partial charge in [0.15, 0.2) is 0 Å². The second kappa shape index (κ2) is 5.36. The van der Waals surface area contributed by atoms with Crippen LogP contribution in [0.15, 0.2) is 23.2 Å². The molecule has 2 nitrogen and oxygen atoms in total. The summed E-state index contributed by atoms with van der Waals surface area (Å²) in [7, 11) is 0. The molecule has 0 spiro atoms. The second-order valence-corrected chi connectivity index (χ2v) is 3.23. The summed E-state index contributed by atoms with van der Waals surface area (Å²) in [6.45, 7) is 4.18. The van der Waals surface area contributed by atoms with Crippen molar-refractivity contribution in [2.24, 2.45) is 4.99 Å². The number of isocyanates is 1. The van der Waals surface area contributed by atoms with Crippen molar-refractivity contribution in [3.05, 3.63) is 29.3 Å². The van der Waals surface area contributed by atoms with E-state index in [0.29, 0.717) is 0 Å². The molecule has 0 amide bonds. The van der Waals surface area contributed by atoms with Crippen molar-refractivity contribution < 1.29 is 4.79 Å². The van der Waals surface area contributed by atoms with E-state index in [1.807, 2.05) is 18.2 Å². The van der Waals surface area contributed by atoms with Crippen LogP contribution in [-0.2, 0) is 17.6 Å². The van der Waals surface area contributed by atoms with Crippen molar-refractivity contribution in [1.82, 2.24) is 0 Å². The van der Waals surface area contributed by atoms with Crippen LogP contribution in [0, 0.1) is 0 Å². The molecule has 1 aromatic carbocycles. The number of rotatable bonds is 4. The van der Waals surface area contributed by atoms with Crippen LogP contribution in [0.4, 0.5) is 5.69 Å². The first-order valence-electron chi connectivity index (χ1n) is 5.02. The zero-order valence-electron chi connectivity index (χ0n) is 8.71. The van der Waals surface area contributed by atoms with Crippen LogP contribution in [0.3, 0.4) is 0 Å². The standard InChI is InChI=1S/C12H15NO/c1-3-6-11-8-5-7-10(4-2)12(11)13-9-14/h5,7-8H,3-4,6H2,1-2H3. The summed E-state index contributed by atoms with van der Waals surface area (Å²) in [6.07, 6.45) is 4.56. The summed E-state index contributed by atoms with van der Waals surface area (Å²) in [5.74, 6) is 0. The van der Waals surface area contributed by atoms with Crippen molar-refractivity contribution in [2.45, 2.75) is 33.1 Å². The summed E-state index contributed by atoms with van der Waals surface area (Å²) in [5.41, 5.74) is 3.10. The Hall–Kier alpha value is -1.40. The quantitative estimate of drug-likeness (QED) is 0.528. The van der Waals surface area contributed by atoms with Crippen molar-refractivity contribution in [3.8, 4) is 0 Å².